The second kappa shape index (κ2) is 66.0. The monoisotopic (exact) mass is 1370 g/mol. The molecule has 0 amide bonds. The number of aliphatic hydroxyl groups excluding tert-OH is 1. The van der Waals surface area contributed by atoms with Crippen LogP contribution >= 0.6 is 15.6 Å². The molecule has 0 saturated heterocycles. The molecule has 0 fully saturated rings. The molecule has 0 aromatic heterocycles. The fourth-order valence-electron chi connectivity index (χ4n) is 11.3. The van der Waals surface area contributed by atoms with Crippen molar-refractivity contribution in [2.24, 2.45) is 11.8 Å². The minimum atomic E-state index is -4.96. The van der Waals surface area contributed by atoms with Crippen LogP contribution in [0.15, 0.2) is 0 Å². The number of carbonyl (C=O) groups excluding carboxylic acids is 4. The maximum Gasteiger partial charge on any atom is 0.472 e. The molecule has 0 bridgehead atoms. The van der Waals surface area contributed by atoms with Crippen molar-refractivity contribution in [3.63, 3.8) is 0 Å². The molecule has 6 atom stereocenters. The second-order valence-electron chi connectivity index (χ2n) is 27.4. The van der Waals surface area contributed by atoms with Crippen molar-refractivity contribution in [1.82, 2.24) is 0 Å². The summed E-state index contributed by atoms with van der Waals surface area (Å²) in [5.41, 5.74) is 0. The van der Waals surface area contributed by atoms with Crippen LogP contribution in [0.3, 0.4) is 0 Å². The van der Waals surface area contributed by atoms with Gasteiger partial charge in [-0.2, -0.15) is 0 Å². The number of aliphatic hydroxyl groups is 1. The Morgan fingerprint density at radius 3 is 0.817 bits per heavy atom. The van der Waals surface area contributed by atoms with Gasteiger partial charge in [0.2, 0.25) is 0 Å². The van der Waals surface area contributed by atoms with E-state index in [1.165, 1.54) is 199 Å². The first kappa shape index (κ1) is 91.1. The third-order valence-corrected chi connectivity index (χ3v) is 19.5. The Morgan fingerprint density at radius 1 is 0.312 bits per heavy atom. The van der Waals surface area contributed by atoms with Gasteiger partial charge in [0.1, 0.15) is 19.3 Å². The van der Waals surface area contributed by atoms with Crippen LogP contribution in [-0.4, -0.2) is 96.7 Å². The van der Waals surface area contributed by atoms with Crippen molar-refractivity contribution in [3.05, 3.63) is 0 Å². The molecule has 0 radical (unpaired) electrons. The van der Waals surface area contributed by atoms with E-state index in [0.29, 0.717) is 25.7 Å². The first-order valence-corrected chi connectivity index (χ1v) is 41.5. The topological polar surface area (TPSA) is 237 Å². The third-order valence-electron chi connectivity index (χ3n) is 17.6. The SMILES string of the molecule is CCCCCCCCCCCCCCCCCCC(=O)OC[C@H](COP(=O)(O)OC[C@@H](O)COP(=O)(O)OC[C@@H](COC(=O)CCCCCCCCCCCC)OC(=O)CCCCCCCCC(C)CC)OC(=O)CCCCCCCCCCCCCCCCC(C)C. The van der Waals surface area contributed by atoms with Crippen molar-refractivity contribution < 1.29 is 80.2 Å². The maximum atomic E-state index is 13.1. The number of phosphoric acid groups is 2. The molecule has 0 aromatic carbocycles. The van der Waals surface area contributed by atoms with Crippen LogP contribution in [-0.2, 0) is 65.4 Å². The number of unbranched alkanes of at least 4 members (excludes halogenated alkanes) is 42. The fourth-order valence-corrected chi connectivity index (χ4v) is 12.8. The van der Waals surface area contributed by atoms with Gasteiger partial charge >= 0.3 is 39.5 Å². The van der Waals surface area contributed by atoms with Crippen LogP contribution < -0.4 is 0 Å². The normalized spacial score (nSPS) is 14.3. The average Bonchev–Trinajstić information content (AvgIpc) is 3.14. The summed E-state index contributed by atoms with van der Waals surface area (Å²) < 4.78 is 68.4. The highest BCUT2D eigenvalue weighted by atomic mass is 31.2. The number of carbonyl (C=O) groups is 4. The fraction of sp³-hybridized carbons (Fsp3) is 0.946. The van der Waals surface area contributed by atoms with Crippen LogP contribution in [0.1, 0.15) is 382 Å². The van der Waals surface area contributed by atoms with Crippen molar-refractivity contribution in [1.29, 1.82) is 0 Å². The molecule has 3 N–H and O–H groups in total. The molecule has 93 heavy (non-hydrogen) atoms. The molecular formula is C74H144O17P2. The molecule has 19 heteroatoms. The summed E-state index contributed by atoms with van der Waals surface area (Å²) in [5.74, 6) is -0.605. The van der Waals surface area contributed by atoms with Gasteiger partial charge in [-0.1, -0.05) is 330 Å². The quantitative estimate of drug-likeness (QED) is 0.0222. The van der Waals surface area contributed by atoms with Gasteiger partial charge in [0, 0.05) is 25.7 Å². The second-order valence-corrected chi connectivity index (χ2v) is 30.3. The van der Waals surface area contributed by atoms with Crippen molar-refractivity contribution in [2.45, 2.75) is 400 Å². The molecule has 0 aliphatic rings. The van der Waals surface area contributed by atoms with Crippen LogP contribution in [0.4, 0.5) is 0 Å². The van der Waals surface area contributed by atoms with Crippen LogP contribution in [0, 0.1) is 11.8 Å². The molecule has 0 aromatic rings. The summed E-state index contributed by atoms with van der Waals surface area (Å²) in [7, 11) is -9.91. The summed E-state index contributed by atoms with van der Waals surface area (Å²) in [5, 5.41) is 10.6. The lowest BCUT2D eigenvalue weighted by Gasteiger charge is -2.21. The number of rotatable bonds is 73. The van der Waals surface area contributed by atoms with Gasteiger partial charge < -0.3 is 33.8 Å². The van der Waals surface area contributed by atoms with E-state index in [-0.39, 0.29) is 25.7 Å². The molecule has 0 saturated carbocycles. The summed E-state index contributed by atoms with van der Waals surface area (Å²) in [6.45, 7) is 9.55. The minimum absolute atomic E-state index is 0.103. The van der Waals surface area contributed by atoms with E-state index in [9.17, 15) is 43.2 Å². The van der Waals surface area contributed by atoms with Gasteiger partial charge in [0.05, 0.1) is 26.4 Å². The minimum Gasteiger partial charge on any atom is -0.462 e. The Morgan fingerprint density at radius 2 is 0.548 bits per heavy atom. The molecule has 0 aliphatic carbocycles. The molecule has 552 valence electrons. The largest absolute Gasteiger partial charge is 0.472 e. The molecular weight excluding hydrogens is 1220 g/mol. The summed E-state index contributed by atoms with van der Waals surface area (Å²) in [4.78, 5) is 72.7. The Bertz CT molecular complexity index is 1810. The molecule has 0 spiro atoms. The Labute approximate surface area is 568 Å². The van der Waals surface area contributed by atoms with Gasteiger partial charge in [-0.3, -0.25) is 37.3 Å². The first-order chi connectivity index (χ1) is 44.9. The van der Waals surface area contributed by atoms with Crippen LogP contribution in [0.25, 0.3) is 0 Å². The molecule has 0 heterocycles. The Hall–Kier alpha value is -1.94. The zero-order valence-corrected chi connectivity index (χ0v) is 62.3. The predicted octanol–water partition coefficient (Wildman–Crippen LogP) is 21.6. The third kappa shape index (κ3) is 67.0. The van der Waals surface area contributed by atoms with Gasteiger partial charge in [0.15, 0.2) is 12.2 Å². The van der Waals surface area contributed by atoms with Gasteiger partial charge in [0.25, 0.3) is 0 Å². The van der Waals surface area contributed by atoms with Crippen molar-refractivity contribution in [2.75, 3.05) is 39.6 Å². The number of hydrogen-bond donors (Lipinski definition) is 3. The Balaban J connectivity index is 5.23. The maximum absolute atomic E-state index is 13.1. The molecule has 0 rings (SSSR count). The van der Waals surface area contributed by atoms with Crippen LogP contribution in [0.5, 0.6) is 0 Å². The van der Waals surface area contributed by atoms with Crippen molar-refractivity contribution in [3.8, 4) is 0 Å². The van der Waals surface area contributed by atoms with Gasteiger partial charge in [-0.25, -0.2) is 9.13 Å². The lowest BCUT2D eigenvalue weighted by atomic mass is 10.00. The average molecular weight is 1370 g/mol. The van der Waals surface area contributed by atoms with E-state index in [1.54, 1.807) is 0 Å². The standard InChI is InChI=1S/C74H144O17P2/c1-7-10-12-14-16-18-20-21-22-23-27-30-34-38-45-51-57-72(77)84-62-69(90-73(78)58-52-46-39-35-31-28-25-24-26-29-32-36-42-48-54-66(4)5)64-88-92(80,81)86-60-68(75)61-87-93(82,83)89-65-70(91-74(79)59-53-47-41-40-43-49-55-67(6)9-3)63-85-71(76)56-50-44-37-33-19-17-15-13-11-8-2/h66-70,75H,7-65H2,1-6H3,(H,80,81)(H,82,83)/t67?,68-,69-,70-/m1/s1. The first-order valence-electron chi connectivity index (χ1n) is 38.5. The lowest BCUT2D eigenvalue weighted by molar-refractivity contribution is -0.161. The van der Waals surface area contributed by atoms with Gasteiger partial charge in [-0.05, 0) is 37.5 Å². The van der Waals surface area contributed by atoms with E-state index in [4.69, 9.17) is 37.0 Å². The lowest BCUT2D eigenvalue weighted by Crippen LogP contribution is -2.30. The predicted molar refractivity (Wildman–Crippen MR) is 377 cm³/mol. The zero-order chi connectivity index (χ0) is 68.6. The number of phosphoric ester groups is 2. The highest BCUT2D eigenvalue weighted by Crippen LogP contribution is 2.45. The number of hydrogen-bond acceptors (Lipinski definition) is 15. The number of esters is 4. The number of ether oxygens (including phenoxy) is 4. The smallest absolute Gasteiger partial charge is 0.462 e. The highest BCUT2D eigenvalue weighted by molar-refractivity contribution is 7.47. The summed E-state index contributed by atoms with van der Waals surface area (Å²) in [6, 6.07) is 0. The van der Waals surface area contributed by atoms with Gasteiger partial charge in [-0.15, -0.1) is 0 Å². The zero-order valence-electron chi connectivity index (χ0n) is 60.6. The van der Waals surface area contributed by atoms with E-state index in [0.717, 1.165) is 102 Å². The van der Waals surface area contributed by atoms with E-state index in [2.05, 4.69) is 41.5 Å². The summed E-state index contributed by atoms with van der Waals surface area (Å²) in [6.07, 6.45) is 52.7. The van der Waals surface area contributed by atoms with E-state index < -0.39 is 97.5 Å². The van der Waals surface area contributed by atoms with E-state index in [1.807, 2.05) is 0 Å². The molecule has 3 unspecified atom stereocenters. The van der Waals surface area contributed by atoms with E-state index >= 15 is 0 Å². The molecule has 0 aliphatic heterocycles. The highest BCUT2D eigenvalue weighted by Gasteiger charge is 2.30. The molecule has 17 nitrogen and oxygen atoms in total. The van der Waals surface area contributed by atoms with Crippen LogP contribution in [0.2, 0.25) is 0 Å². The summed E-state index contributed by atoms with van der Waals surface area (Å²) >= 11 is 0. The Kier molecular flexibility index (Phi) is 64.6. The van der Waals surface area contributed by atoms with Crippen molar-refractivity contribution >= 4 is 39.5 Å².